The van der Waals surface area contributed by atoms with Crippen LogP contribution in [-0.4, -0.2) is 0 Å². The third kappa shape index (κ3) is 0.568. The van der Waals surface area contributed by atoms with E-state index in [9.17, 15) is 0 Å². The van der Waals surface area contributed by atoms with Crippen molar-refractivity contribution in [1.29, 1.82) is 0 Å². The van der Waals surface area contributed by atoms with Gasteiger partial charge in [-0.2, -0.15) is 0 Å². The summed E-state index contributed by atoms with van der Waals surface area (Å²) in [5, 5.41) is 0. The Balaban J connectivity index is 2.59. The van der Waals surface area contributed by atoms with Crippen molar-refractivity contribution in [2.45, 2.75) is 27.7 Å². The zero-order valence-electron chi connectivity index (χ0n) is 5.58. The van der Waals surface area contributed by atoms with Crippen LogP contribution < -0.4 is 0 Å². The molecule has 1 saturated carbocycles. The molecule has 0 saturated heterocycles. The lowest BCUT2D eigenvalue weighted by Gasteiger charge is -2.04. The second-order valence-corrected chi connectivity index (χ2v) is 3.59. The molecule has 0 heterocycles. The molecule has 0 bridgehead atoms. The van der Waals surface area contributed by atoms with Gasteiger partial charge in [0.15, 0.2) is 0 Å². The van der Waals surface area contributed by atoms with Gasteiger partial charge in [-0.05, 0) is 17.3 Å². The zero-order valence-corrected chi connectivity index (χ0v) is 5.58. The Bertz CT molecular complexity index is 76.2. The van der Waals surface area contributed by atoms with Crippen LogP contribution in [0.4, 0.5) is 0 Å². The molecule has 0 aliphatic heterocycles. The Morgan fingerprint density at radius 2 is 1.00 bits per heavy atom. The predicted molar refractivity (Wildman–Crippen MR) is 31.9 cm³/mol. The van der Waals surface area contributed by atoms with Gasteiger partial charge in [-0.25, -0.2) is 0 Å². The van der Waals surface area contributed by atoms with Gasteiger partial charge in [0.2, 0.25) is 0 Å². The van der Waals surface area contributed by atoms with Gasteiger partial charge in [-0.1, -0.05) is 27.7 Å². The first-order valence-electron chi connectivity index (χ1n) is 2.83. The van der Waals surface area contributed by atoms with Gasteiger partial charge in [-0.15, -0.1) is 0 Å². The maximum absolute atomic E-state index is 2.38. The van der Waals surface area contributed by atoms with Gasteiger partial charge >= 0.3 is 0 Å². The van der Waals surface area contributed by atoms with Gasteiger partial charge in [0.05, 0.1) is 0 Å². The average molecular weight is 97.2 g/mol. The van der Waals surface area contributed by atoms with Crippen molar-refractivity contribution in [2.24, 2.45) is 10.8 Å². The highest BCUT2D eigenvalue weighted by molar-refractivity contribution is 5.20. The van der Waals surface area contributed by atoms with Crippen LogP contribution in [0.1, 0.15) is 27.7 Å². The molecule has 0 atom stereocenters. The molecule has 1 aliphatic carbocycles. The summed E-state index contributed by atoms with van der Waals surface area (Å²) in [4.78, 5) is 0. The van der Waals surface area contributed by atoms with Gasteiger partial charge in [0.1, 0.15) is 0 Å². The van der Waals surface area contributed by atoms with Gasteiger partial charge < -0.3 is 0 Å². The maximum Gasteiger partial charge on any atom is -0.0262 e. The summed E-state index contributed by atoms with van der Waals surface area (Å²) < 4.78 is 0. The van der Waals surface area contributed by atoms with Crippen LogP contribution in [0.2, 0.25) is 0 Å². The Morgan fingerprint density at radius 1 is 0.857 bits per heavy atom. The highest BCUT2D eigenvalue weighted by Gasteiger charge is 2.53. The number of rotatable bonds is 0. The van der Waals surface area contributed by atoms with Crippen LogP contribution in [0.15, 0.2) is 0 Å². The Labute approximate surface area is 45.9 Å². The first kappa shape index (κ1) is 5.14. The fourth-order valence-electron chi connectivity index (χ4n) is 0.866. The molecule has 0 heteroatoms. The lowest BCUT2D eigenvalue weighted by molar-refractivity contribution is 0.457. The van der Waals surface area contributed by atoms with Gasteiger partial charge in [0, 0.05) is 0 Å². The molecule has 1 rings (SSSR count). The molecule has 1 aliphatic rings. The number of hydrogen-bond acceptors (Lipinski definition) is 0. The second-order valence-electron chi connectivity index (χ2n) is 3.59. The summed E-state index contributed by atoms with van der Waals surface area (Å²) in [6.45, 7) is 9.08. The quantitative estimate of drug-likeness (QED) is 0.435. The lowest BCUT2D eigenvalue weighted by atomic mass is 10.0. The minimum Gasteiger partial charge on any atom is -0.0591 e. The third-order valence-corrected chi connectivity index (χ3v) is 2.30. The van der Waals surface area contributed by atoms with Crippen molar-refractivity contribution in [3.8, 4) is 0 Å². The molecular formula is C7H13. The van der Waals surface area contributed by atoms with Crippen LogP contribution in [0, 0.1) is 17.3 Å². The van der Waals surface area contributed by atoms with E-state index in [2.05, 4.69) is 34.1 Å². The van der Waals surface area contributed by atoms with E-state index in [-0.39, 0.29) is 0 Å². The maximum atomic E-state index is 2.38. The molecule has 0 aromatic rings. The number of hydrogen-bond donors (Lipinski definition) is 0. The van der Waals surface area contributed by atoms with E-state index in [1.165, 1.54) is 0 Å². The highest BCUT2D eigenvalue weighted by Crippen LogP contribution is 2.61. The molecule has 0 aromatic carbocycles. The van der Waals surface area contributed by atoms with E-state index in [0.717, 1.165) is 0 Å². The van der Waals surface area contributed by atoms with Crippen molar-refractivity contribution >= 4 is 0 Å². The van der Waals surface area contributed by atoms with E-state index in [1.807, 2.05) is 0 Å². The van der Waals surface area contributed by atoms with E-state index >= 15 is 0 Å². The van der Waals surface area contributed by atoms with Crippen LogP contribution >= 0.6 is 0 Å². The van der Waals surface area contributed by atoms with E-state index in [0.29, 0.717) is 10.8 Å². The summed E-state index contributed by atoms with van der Waals surface area (Å²) in [5.41, 5.74) is 1.04. The molecule has 0 aromatic heterocycles. The smallest absolute Gasteiger partial charge is 0.0262 e. The molecule has 0 nitrogen and oxygen atoms in total. The van der Waals surface area contributed by atoms with Crippen molar-refractivity contribution in [3.05, 3.63) is 6.42 Å². The predicted octanol–water partition coefficient (Wildman–Crippen LogP) is 2.26. The zero-order chi connectivity index (χ0) is 5.71. The average Bonchev–Trinajstić information content (AvgIpc) is 1.63. The monoisotopic (exact) mass is 97.1 g/mol. The fourth-order valence-corrected chi connectivity index (χ4v) is 0.866. The SMILES string of the molecule is CC1(C)[CH]C1(C)C. The summed E-state index contributed by atoms with van der Waals surface area (Å²) in [5.74, 6) is 0. The van der Waals surface area contributed by atoms with Crippen molar-refractivity contribution in [3.63, 3.8) is 0 Å². The van der Waals surface area contributed by atoms with E-state index in [4.69, 9.17) is 0 Å². The van der Waals surface area contributed by atoms with Gasteiger partial charge in [0.25, 0.3) is 0 Å². The highest BCUT2D eigenvalue weighted by atomic mass is 14.6. The Hall–Kier alpha value is 0. The molecule has 1 fully saturated rings. The topological polar surface area (TPSA) is 0 Å². The van der Waals surface area contributed by atoms with Crippen LogP contribution in [0.3, 0.4) is 0 Å². The fraction of sp³-hybridized carbons (Fsp3) is 0.857. The Kier molecular flexibility index (Phi) is 0.652. The van der Waals surface area contributed by atoms with E-state index < -0.39 is 0 Å². The Morgan fingerprint density at radius 3 is 1.00 bits per heavy atom. The minimum absolute atomic E-state index is 0.521. The van der Waals surface area contributed by atoms with Crippen LogP contribution in [-0.2, 0) is 0 Å². The first-order valence-corrected chi connectivity index (χ1v) is 2.83. The molecule has 1 radical (unpaired) electrons. The summed E-state index contributed by atoms with van der Waals surface area (Å²) in [7, 11) is 0. The largest absolute Gasteiger partial charge is 0.0591 e. The molecule has 41 valence electrons. The standard InChI is InChI=1S/C7H13/c1-6(2)5-7(6,3)4/h5H,1-4H3. The first-order chi connectivity index (χ1) is 2.96. The molecule has 7 heavy (non-hydrogen) atoms. The summed E-state index contributed by atoms with van der Waals surface area (Å²) >= 11 is 0. The minimum atomic E-state index is 0.521. The van der Waals surface area contributed by atoms with Crippen molar-refractivity contribution in [2.75, 3.05) is 0 Å². The summed E-state index contributed by atoms with van der Waals surface area (Å²) in [6, 6.07) is 0. The molecule has 0 amide bonds. The van der Waals surface area contributed by atoms with Crippen molar-refractivity contribution in [1.82, 2.24) is 0 Å². The normalized spacial score (nSPS) is 32.6. The van der Waals surface area contributed by atoms with Crippen molar-refractivity contribution < 1.29 is 0 Å². The molecule has 0 unspecified atom stereocenters. The lowest BCUT2D eigenvalue weighted by Crippen LogP contribution is -1.95. The molecule has 0 spiro atoms. The molecular weight excluding hydrogens is 84.1 g/mol. The molecule has 0 N–H and O–H groups in total. The summed E-state index contributed by atoms with van der Waals surface area (Å²) in [6.07, 6.45) is 2.38. The third-order valence-electron chi connectivity index (χ3n) is 2.30. The van der Waals surface area contributed by atoms with Crippen LogP contribution in [0.25, 0.3) is 0 Å². The van der Waals surface area contributed by atoms with E-state index in [1.54, 1.807) is 0 Å². The van der Waals surface area contributed by atoms with Crippen LogP contribution in [0.5, 0.6) is 0 Å². The second kappa shape index (κ2) is 0.888. The van der Waals surface area contributed by atoms with Gasteiger partial charge in [-0.3, -0.25) is 0 Å².